The summed E-state index contributed by atoms with van der Waals surface area (Å²) in [7, 11) is 0. The summed E-state index contributed by atoms with van der Waals surface area (Å²) in [6.07, 6.45) is 4.78. The summed E-state index contributed by atoms with van der Waals surface area (Å²) in [5, 5.41) is 7.75. The number of para-hydroxylation sites is 1. The minimum Gasteiger partial charge on any atom is -0.381 e. The molecule has 3 heteroatoms. The first-order chi connectivity index (χ1) is 10.4. The summed E-state index contributed by atoms with van der Waals surface area (Å²) in [6, 6.07) is 18.9. The molecule has 1 heterocycles. The Hall–Kier alpha value is -2.55. The number of hydrogen-bond acceptors (Lipinski definition) is 2. The molecule has 3 aromatic rings. The quantitative estimate of drug-likeness (QED) is 0.762. The Kier molecular flexibility index (Phi) is 4.01. The van der Waals surface area contributed by atoms with Gasteiger partial charge in [0.2, 0.25) is 0 Å². The normalized spacial score (nSPS) is 10.5. The second-order valence-electron chi connectivity index (χ2n) is 4.98. The number of benzene rings is 2. The molecule has 1 N–H and O–H groups in total. The Morgan fingerprint density at radius 2 is 1.81 bits per heavy atom. The molecule has 0 aliphatic carbocycles. The summed E-state index contributed by atoms with van der Waals surface area (Å²) in [6.45, 7) is 3.01. The van der Waals surface area contributed by atoms with Crippen LogP contribution in [0.3, 0.4) is 0 Å². The van der Waals surface area contributed by atoms with Crippen LogP contribution in [0.5, 0.6) is 0 Å². The van der Waals surface area contributed by atoms with E-state index in [4.69, 9.17) is 0 Å². The lowest BCUT2D eigenvalue weighted by Crippen LogP contribution is -2.02. The molecule has 3 nitrogen and oxygen atoms in total. The van der Waals surface area contributed by atoms with Crippen LogP contribution in [0.2, 0.25) is 0 Å². The molecule has 0 aliphatic rings. The van der Waals surface area contributed by atoms with E-state index in [9.17, 15) is 0 Å². The molecule has 0 saturated carbocycles. The molecule has 1 aromatic heterocycles. The second-order valence-corrected chi connectivity index (χ2v) is 4.98. The van der Waals surface area contributed by atoms with Gasteiger partial charge in [-0.3, -0.25) is 0 Å². The molecule has 2 aromatic carbocycles. The van der Waals surface area contributed by atoms with Crippen molar-refractivity contribution in [3.8, 4) is 5.69 Å². The molecule has 106 valence electrons. The number of nitrogens with one attached hydrogen (secondary N) is 1. The zero-order chi connectivity index (χ0) is 14.5. The molecule has 0 atom stereocenters. The SMILES string of the molecule is CCc1ccccc1NCc1ccc(-n2cccn2)cc1. The van der Waals surface area contributed by atoms with Crippen molar-refractivity contribution < 1.29 is 0 Å². The Morgan fingerprint density at radius 1 is 1.00 bits per heavy atom. The topological polar surface area (TPSA) is 29.9 Å². The lowest BCUT2D eigenvalue weighted by molar-refractivity contribution is 0.879. The van der Waals surface area contributed by atoms with Gasteiger partial charge in [-0.25, -0.2) is 4.68 Å². The van der Waals surface area contributed by atoms with Crippen molar-refractivity contribution in [1.82, 2.24) is 9.78 Å². The summed E-state index contributed by atoms with van der Waals surface area (Å²) < 4.78 is 1.86. The zero-order valence-corrected chi connectivity index (χ0v) is 12.2. The maximum Gasteiger partial charge on any atom is 0.0645 e. The Bertz CT molecular complexity index is 685. The average Bonchev–Trinajstić information content (AvgIpc) is 3.08. The lowest BCUT2D eigenvalue weighted by atomic mass is 10.1. The van der Waals surface area contributed by atoms with Crippen molar-refractivity contribution in [2.45, 2.75) is 19.9 Å². The fraction of sp³-hybridized carbons (Fsp3) is 0.167. The third-order valence-corrected chi connectivity index (χ3v) is 3.59. The molecule has 0 radical (unpaired) electrons. The largest absolute Gasteiger partial charge is 0.381 e. The van der Waals surface area contributed by atoms with Crippen molar-refractivity contribution in [1.29, 1.82) is 0 Å². The molecule has 0 fully saturated rings. The smallest absolute Gasteiger partial charge is 0.0645 e. The highest BCUT2D eigenvalue weighted by atomic mass is 15.3. The first kappa shape index (κ1) is 13.4. The standard InChI is InChI=1S/C18H19N3/c1-2-16-6-3-4-7-18(16)19-14-15-8-10-17(11-9-15)21-13-5-12-20-21/h3-13,19H,2,14H2,1H3. The van der Waals surface area contributed by atoms with E-state index in [0.717, 1.165) is 18.7 Å². The summed E-state index contributed by atoms with van der Waals surface area (Å²) in [5.41, 5.74) is 4.91. The van der Waals surface area contributed by atoms with Gasteiger partial charge in [0.25, 0.3) is 0 Å². The zero-order valence-electron chi connectivity index (χ0n) is 12.2. The highest BCUT2D eigenvalue weighted by Gasteiger charge is 2.00. The summed E-state index contributed by atoms with van der Waals surface area (Å²) in [5.74, 6) is 0. The molecule has 3 rings (SSSR count). The van der Waals surface area contributed by atoms with Gasteiger partial charge in [0.1, 0.15) is 0 Å². The van der Waals surface area contributed by atoms with E-state index in [2.05, 4.69) is 65.9 Å². The molecular weight excluding hydrogens is 258 g/mol. The highest BCUT2D eigenvalue weighted by Crippen LogP contribution is 2.17. The summed E-state index contributed by atoms with van der Waals surface area (Å²) in [4.78, 5) is 0. The second kappa shape index (κ2) is 6.27. The minimum absolute atomic E-state index is 0.830. The van der Waals surface area contributed by atoms with Gasteiger partial charge in [0.15, 0.2) is 0 Å². The third-order valence-electron chi connectivity index (χ3n) is 3.59. The van der Waals surface area contributed by atoms with Crippen LogP contribution in [0.4, 0.5) is 5.69 Å². The van der Waals surface area contributed by atoms with Gasteiger partial charge in [0.05, 0.1) is 5.69 Å². The van der Waals surface area contributed by atoms with Crippen molar-refractivity contribution >= 4 is 5.69 Å². The van der Waals surface area contributed by atoms with Crippen LogP contribution in [0.15, 0.2) is 67.0 Å². The van der Waals surface area contributed by atoms with E-state index >= 15 is 0 Å². The number of aryl methyl sites for hydroxylation is 1. The van der Waals surface area contributed by atoms with Crippen molar-refractivity contribution in [3.63, 3.8) is 0 Å². The van der Waals surface area contributed by atoms with E-state index in [1.54, 1.807) is 6.20 Å². The van der Waals surface area contributed by atoms with Crippen LogP contribution < -0.4 is 5.32 Å². The van der Waals surface area contributed by atoms with Crippen LogP contribution in [-0.2, 0) is 13.0 Å². The highest BCUT2D eigenvalue weighted by molar-refractivity contribution is 5.51. The molecule has 0 spiro atoms. The Labute approximate surface area is 125 Å². The monoisotopic (exact) mass is 277 g/mol. The van der Waals surface area contributed by atoms with E-state index in [1.807, 2.05) is 16.9 Å². The van der Waals surface area contributed by atoms with Gasteiger partial charge < -0.3 is 5.32 Å². The number of nitrogens with zero attached hydrogens (tertiary/aromatic N) is 2. The van der Waals surface area contributed by atoms with Crippen molar-refractivity contribution in [3.05, 3.63) is 78.1 Å². The molecule has 0 unspecified atom stereocenters. The van der Waals surface area contributed by atoms with Crippen LogP contribution >= 0.6 is 0 Å². The molecular formula is C18H19N3. The van der Waals surface area contributed by atoms with E-state index < -0.39 is 0 Å². The van der Waals surface area contributed by atoms with Crippen molar-refractivity contribution in [2.75, 3.05) is 5.32 Å². The van der Waals surface area contributed by atoms with Crippen LogP contribution in [0.1, 0.15) is 18.1 Å². The fourth-order valence-electron chi connectivity index (χ4n) is 2.39. The van der Waals surface area contributed by atoms with Gasteiger partial charge in [-0.05, 0) is 41.8 Å². The lowest BCUT2D eigenvalue weighted by Gasteiger charge is -2.11. The maximum atomic E-state index is 4.23. The molecule has 0 bridgehead atoms. The van der Waals surface area contributed by atoms with Gasteiger partial charge in [-0.2, -0.15) is 5.10 Å². The van der Waals surface area contributed by atoms with Crippen LogP contribution in [0.25, 0.3) is 5.69 Å². The number of rotatable bonds is 5. The molecule has 21 heavy (non-hydrogen) atoms. The summed E-state index contributed by atoms with van der Waals surface area (Å²) >= 11 is 0. The van der Waals surface area contributed by atoms with Crippen LogP contribution in [0, 0.1) is 0 Å². The molecule has 0 amide bonds. The van der Waals surface area contributed by atoms with Gasteiger partial charge in [-0.1, -0.05) is 37.3 Å². The van der Waals surface area contributed by atoms with Gasteiger partial charge >= 0.3 is 0 Å². The van der Waals surface area contributed by atoms with Crippen LogP contribution in [-0.4, -0.2) is 9.78 Å². The Balaban J connectivity index is 1.68. The minimum atomic E-state index is 0.830. The van der Waals surface area contributed by atoms with E-state index in [1.165, 1.54) is 16.8 Å². The van der Waals surface area contributed by atoms with Gasteiger partial charge in [-0.15, -0.1) is 0 Å². The van der Waals surface area contributed by atoms with E-state index in [0.29, 0.717) is 0 Å². The first-order valence-electron chi connectivity index (χ1n) is 7.27. The average molecular weight is 277 g/mol. The number of aromatic nitrogens is 2. The fourth-order valence-corrected chi connectivity index (χ4v) is 2.39. The molecule has 0 aliphatic heterocycles. The Morgan fingerprint density at radius 3 is 2.52 bits per heavy atom. The number of anilines is 1. The number of hydrogen-bond donors (Lipinski definition) is 1. The van der Waals surface area contributed by atoms with E-state index in [-0.39, 0.29) is 0 Å². The predicted octanol–water partition coefficient (Wildman–Crippen LogP) is 4.05. The first-order valence-corrected chi connectivity index (χ1v) is 7.27. The molecule has 0 saturated heterocycles. The predicted molar refractivity (Wildman–Crippen MR) is 86.7 cm³/mol. The maximum absolute atomic E-state index is 4.23. The van der Waals surface area contributed by atoms with Crippen molar-refractivity contribution in [2.24, 2.45) is 0 Å². The van der Waals surface area contributed by atoms with Gasteiger partial charge in [0, 0.05) is 24.6 Å². The third kappa shape index (κ3) is 3.14.